The number of nitrogens with zero attached hydrogens (tertiary/aromatic N) is 1. The Kier molecular flexibility index (Phi) is 5.76. The van der Waals surface area contributed by atoms with E-state index in [0.29, 0.717) is 18.0 Å². The summed E-state index contributed by atoms with van der Waals surface area (Å²) in [6.45, 7) is 4.06. The molecule has 3 rings (SSSR count). The molecule has 2 aromatic carbocycles. The van der Waals surface area contributed by atoms with Crippen LogP contribution in [0.4, 0.5) is 5.69 Å². The van der Waals surface area contributed by atoms with Crippen LogP contribution >= 0.6 is 0 Å². The van der Waals surface area contributed by atoms with E-state index in [-0.39, 0.29) is 0 Å². The largest absolute Gasteiger partial charge is 0.381 e. The summed E-state index contributed by atoms with van der Waals surface area (Å²) in [7, 11) is -3.37. The van der Waals surface area contributed by atoms with Crippen molar-refractivity contribution >= 4 is 15.7 Å². The number of anilines is 1. The van der Waals surface area contributed by atoms with E-state index < -0.39 is 10.0 Å². The van der Waals surface area contributed by atoms with Crippen LogP contribution in [0.1, 0.15) is 36.8 Å². The van der Waals surface area contributed by atoms with Gasteiger partial charge in [0.2, 0.25) is 10.0 Å². The maximum atomic E-state index is 12.8. The molecule has 1 aliphatic heterocycles. The minimum atomic E-state index is -3.37. The molecule has 0 bridgehead atoms. The Hall–Kier alpha value is -1.85. The van der Waals surface area contributed by atoms with E-state index in [4.69, 9.17) is 0 Å². The number of nitrogens with one attached hydrogen (secondary N) is 1. The van der Waals surface area contributed by atoms with E-state index in [0.717, 1.165) is 37.9 Å². The lowest BCUT2D eigenvalue weighted by molar-refractivity contribution is 0.424. The first-order chi connectivity index (χ1) is 12.1. The predicted octanol–water partition coefficient (Wildman–Crippen LogP) is 4.17. The Morgan fingerprint density at radius 1 is 0.880 bits per heavy atom. The second-order valence-electron chi connectivity index (χ2n) is 6.68. The molecule has 0 unspecified atom stereocenters. The SMILES string of the molecule is Cc1ccc(CNc2ccc(S(=O)(=O)N3CCCCCC3)cc2)cc1. The van der Waals surface area contributed by atoms with E-state index in [1.54, 1.807) is 16.4 Å². The number of benzene rings is 2. The quantitative estimate of drug-likeness (QED) is 0.872. The summed E-state index contributed by atoms with van der Waals surface area (Å²) in [5.41, 5.74) is 3.37. The molecule has 0 aromatic heterocycles. The van der Waals surface area contributed by atoms with Gasteiger partial charge in [-0.15, -0.1) is 0 Å². The van der Waals surface area contributed by atoms with Crippen LogP contribution in [-0.2, 0) is 16.6 Å². The summed E-state index contributed by atoms with van der Waals surface area (Å²) in [4.78, 5) is 0.385. The fourth-order valence-corrected chi connectivity index (χ4v) is 4.60. The number of sulfonamides is 1. The van der Waals surface area contributed by atoms with Gasteiger partial charge in [-0.05, 0) is 49.6 Å². The minimum Gasteiger partial charge on any atom is -0.381 e. The smallest absolute Gasteiger partial charge is 0.243 e. The van der Waals surface area contributed by atoms with Gasteiger partial charge in [-0.3, -0.25) is 0 Å². The fourth-order valence-electron chi connectivity index (χ4n) is 3.09. The second-order valence-corrected chi connectivity index (χ2v) is 8.62. The number of rotatable bonds is 5. The Morgan fingerprint density at radius 2 is 1.48 bits per heavy atom. The van der Waals surface area contributed by atoms with Gasteiger partial charge in [-0.1, -0.05) is 42.7 Å². The van der Waals surface area contributed by atoms with Crippen LogP contribution in [0.2, 0.25) is 0 Å². The minimum absolute atomic E-state index is 0.385. The van der Waals surface area contributed by atoms with Crippen LogP contribution in [-0.4, -0.2) is 25.8 Å². The van der Waals surface area contributed by atoms with Crippen LogP contribution in [0, 0.1) is 6.92 Å². The normalized spacial score (nSPS) is 16.4. The molecular weight excluding hydrogens is 332 g/mol. The molecule has 1 saturated heterocycles. The fraction of sp³-hybridized carbons (Fsp3) is 0.400. The molecular formula is C20H26N2O2S. The highest BCUT2D eigenvalue weighted by Crippen LogP contribution is 2.22. The van der Waals surface area contributed by atoms with Gasteiger partial charge < -0.3 is 5.32 Å². The Labute approximate surface area is 150 Å². The summed E-state index contributed by atoms with van der Waals surface area (Å²) in [6, 6.07) is 15.5. The Bertz CT molecular complexity index is 775. The molecule has 134 valence electrons. The summed E-state index contributed by atoms with van der Waals surface area (Å²) in [5.74, 6) is 0. The lowest BCUT2D eigenvalue weighted by Crippen LogP contribution is -2.31. The lowest BCUT2D eigenvalue weighted by Gasteiger charge is -2.20. The van der Waals surface area contributed by atoms with Crippen molar-refractivity contribution < 1.29 is 8.42 Å². The van der Waals surface area contributed by atoms with Gasteiger partial charge in [0.25, 0.3) is 0 Å². The predicted molar refractivity (Wildman–Crippen MR) is 102 cm³/mol. The van der Waals surface area contributed by atoms with Crippen LogP contribution in [0.5, 0.6) is 0 Å². The number of hydrogen-bond donors (Lipinski definition) is 1. The topological polar surface area (TPSA) is 49.4 Å². The highest BCUT2D eigenvalue weighted by atomic mass is 32.2. The van der Waals surface area contributed by atoms with E-state index in [2.05, 4.69) is 36.5 Å². The van der Waals surface area contributed by atoms with Crippen molar-refractivity contribution in [2.24, 2.45) is 0 Å². The molecule has 1 fully saturated rings. The Balaban J connectivity index is 1.65. The van der Waals surface area contributed by atoms with Crippen LogP contribution in [0.15, 0.2) is 53.4 Å². The highest BCUT2D eigenvalue weighted by Gasteiger charge is 2.24. The van der Waals surface area contributed by atoms with Gasteiger partial charge in [-0.25, -0.2) is 8.42 Å². The van der Waals surface area contributed by atoms with E-state index in [1.807, 2.05) is 12.1 Å². The first-order valence-corrected chi connectivity index (χ1v) is 10.4. The first-order valence-electron chi connectivity index (χ1n) is 8.95. The third-order valence-corrected chi connectivity index (χ3v) is 6.59. The van der Waals surface area contributed by atoms with Gasteiger partial charge in [0.15, 0.2) is 0 Å². The average molecular weight is 359 g/mol. The molecule has 4 nitrogen and oxygen atoms in total. The van der Waals surface area contributed by atoms with Gasteiger partial charge in [0, 0.05) is 25.3 Å². The van der Waals surface area contributed by atoms with E-state index in [1.165, 1.54) is 11.1 Å². The monoisotopic (exact) mass is 358 g/mol. The van der Waals surface area contributed by atoms with Gasteiger partial charge in [0.05, 0.1) is 4.90 Å². The maximum Gasteiger partial charge on any atom is 0.243 e. The zero-order chi connectivity index (χ0) is 17.7. The molecule has 1 heterocycles. The molecule has 1 N–H and O–H groups in total. The molecule has 0 aliphatic carbocycles. The molecule has 0 atom stereocenters. The zero-order valence-electron chi connectivity index (χ0n) is 14.7. The molecule has 0 saturated carbocycles. The molecule has 2 aromatic rings. The third kappa shape index (κ3) is 4.61. The molecule has 0 radical (unpaired) electrons. The van der Waals surface area contributed by atoms with Crippen molar-refractivity contribution in [3.05, 3.63) is 59.7 Å². The van der Waals surface area contributed by atoms with E-state index >= 15 is 0 Å². The summed E-state index contributed by atoms with van der Waals surface area (Å²) >= 11 is 0. The van der Waals surface area contributed by atoms with Crippen LogP contribution in [0.3, 0.4) is 0 Å². The van der Waals surface area contributed by atoms with Gasteiger partial charge in [-0.2, -0.15) is 4.31 Å². The van der Waals surface area contributed by atoms with Gasteiger partial charge >= 0.3 is 0 Å². The summed E-state index contributed by atoms with van der Waals surface area (Å²) in [5, 5.41) is 3.34. The van der Waals surface area contributed by atoms with Crippen molar-refractivity contribution in [2.75, 3.05) is 18.4 Å². The van der Waals surface area contributed by atoms with Crippen molar-refractivity contribution in [1.82, 2.24) is 4.31 Å². The molecule has 1 aliphatic rings. The summed E-state index contributed by atoms with van der Waals surface area (Å²) < 4.78 is 27.2. The van der Waals surface area contributed by atoms with Crippen molar-refractivity contribution in [2.45, 2.75) is 44.0 Å². The molecule has 0 spiro atoms. The number of hydrogen-bond acceptors (Lipinski definition) is 3. The lowest BCUT2D eigenvalue weighted by atomic mass is 10.1. The first kappa shape index (κ1) is 18.0. The van der Waals surface area contributed by atoms with Crippen LogP contribution in [0.25, 0.3) is 0 Å². The van der Waals surface area contributed by atoms with Crippen molar-refractivity contribution in [1.29, 1.82) is 0 Å². The van der Waals surface area contributed by atoms with Crippen molar-refractivity contribution in [3.8, 4) is 0 Å². The zero-order valence-corrected chi connectivity index (χ0v) is 15.6. The maximum absolute atomic E-state index is 12.8. The standard InChI is InChI=1S/C20H26N2O2S/c1-17-6-8-18(9-7-17)16-21-19-10-12-20(13-11-19)25(23,24)22-14-4-2-3-5-15-22/h6-13,21H,2-5,14-16H2,1H3. The molecule has 25 heavy (non-hydrogen) atoms. The van der Waals surface area contributed by atoms with Gasteiger partial charge in [0.1, 0.15) is 0 Å². The van der Waals surface area contributed by atoms with E-state index in [9.17, 15) is 8.42 Å². The second kappa shape index (κ2) is 8.02. The van der Waals surface area contributed by atoms with Crippen molar-refractivity contribution in [3.63, 3.8) is 0 Å². The molecule has 0 amide bonds. The Morgan fingerprint density at radius 3 is 2.08 bits per heavy atom. The third-order valence-electron chi connectivity index (χ3n) is 4.67. The highest BCUT2D eigenvalue weighted by molar-refractivity contribution is 7.89. The molecule has 5 heteroatoms. The number of aryl methyl sites for hydroxylation is 1. The van der Waals surface area contributed by atoms with Crippen LogP contribution < -0.4 is 5.32 Å². The average Bonchev–Trinajstić information content (AvgIpc) is 2.92. The summed E-state index contributed by atoms with van der Waals surface area (Å²) in [6.07, 6.45) is 4.15.